The van der Waals surface area contributed by atoms with Crippen LogP contribution in [0.25, 0.3) is 0 Å². The van der Waals surface area contributed by atoms with E-state index in [0.717, 1.165) is 31.4 Å². The third-order valence-electron chi connectivity index (χ3n) is 3.98. The monoisotopic (exact) mass is 273 g/mol. The zero-order chi connectivity index (χ0) is 14.4. The molecular weight excluding hydrogens is 254 g/mol. The molecule has 2 rings (SSSR count). The lowest BCUT2D eigenvalue weighted by Gasteiger charge is -2.36. The molecule has 1 aromatic heterocycles. The van der Waals surface area contributed by atoms with Gasteiger partial charge < -0.3 is 10.4 Å². The number of carboxylic acid groups (broad SMARTS) is 1. The standard InChI is InChI=1S/C15H19N3O2/c16-10-13-8-12(4-7-17-13)18-11-15(9-14(19)20)5-2-1-3-6-15/h4,7-8H,1-3,5-6,9,11H2,(H,17,18)(H,19,20). The van der Waals surface area contributed by atoms with Gasteiger partial charge in [-0.25, -0.2) is 4.98 Å². The second-order valence-corrected chi connectivity index (χ2v) is 5.53. The predicted octanol–water partition coefficient (Wildman–Crippen LogP) is 2.79. The fourth-order valence-corrected chi connectivity index (χ4v) is 2.93. The van der Waals surface area contributed by atoms with Crippen molar-refractivity contribution >= 4 is 11.7 Å². The number of aromatic nitrogens is 1. The summed E-state index contributed by atoms with van der Waals surface area (Å²) in [6.45, 7) is 0.633. The van der Waals surface area contributed by atoms with Crippen molar-refractivity contribution in [3.05, 3.63) is 24.0 Å². The van der Waals surface area contributed by atoms with Gasteiger partial charge in [0.15, 0.2) is 0 Å². The summed E-state index contributed by atoms with van der Waals surface area (Å²) in [5, 5.41) is 21.2. The Hall–Kier alpha value is -2.09. The molecule has 1 aliphatic carbocycles. The van der Waals surface area contributed by atoms with E-state index in [-0.39, 0.29) is 11.8 Å². The Labute approximate surface area is 118 Å². The molecule has 0 spiro atoms. The summed E-state index contributed by atoms with van der Waals surface area (Å²) in [4.78, 5) is 15.0. The van der Waals surface area contributed by atoms with Gasteiger partial charge in [-0.3, -0.25) is 4.79 Å². The fraction of sp³-hybridized carbons (Fsp3) is 0.533. The summed E-state index contributed by atoms with van der Waals surface area (Å²) >= 11 is 0. The largest absolute Gasteiger partial charge is 0.481 e. The van der Waals surface area contributed by atoms with Gasteiger partial charge in [0.25, 0.3) is 0 Å². The lowest BCUT2D eigenvalue weighted by Crippen LogP contribution is -2.34. The average molecular weight is 273 g/mol. The maximum atomic E-state index is 11.1. The third-order valence-corrected chi connectivity index (χ3v) is 3.98. The number of rotatable bonds is 5. The molecule has 0 aromatic carbocycles. The highest BCUT2D eigenvalue weighted by Crippen LogP contribution is 2.39. The van der Waals surface area contributed by atoms with Gasteiger partial charge in [0.05, 0.1) is 6.42 Å². The van der Waals surface area contributed by atoms with Crippen molar-refractivity contribution in [2.45, 2.75) is 38.5 Å². The highest BCUT2D eigenvalue weighted by Gasteiger charge is 2.34. The second kappa shape index (κ2) is 6.38. The average Bonchev–Trinajstić information content (AvgIpc) is 2.46. The maximum absolute atomic E-state index is 11.1. The normalized spacial score (nSPS) is 17.1. The molecule has 1 saturated carbocycles. The predicted molar refractivity (Wildman–Crippen MR) is 75.2 cm³/mol. The van der Waals surface area contributed by atoms with E-state index in [1.54, 1.807) is 18.3 Å². The van der Waals surface area contributed by atoms with Crippen molar-refractivity contribution < 1.29 is 9.90 Å². The van der Waals surface area contributed by atoms with Gasteiger partial charge in [0, 0.05) is 18.4 Å². The van der Waals surface area contributed by atoms with E-state index in [1.807, 2.05) is 6.07 Å². The molecule has 106 valence electrons. The first-order chi connectivity index (χ1) is 9.63. The number of pyridine rings is 1. The summed E-state index contributed by atoms with van der Waals surface area (Å²) in [6.07, 6.45) is 7.06. The number of nitrogens with zero attached hydrogens (tertiary/aromatic N) is 2. The first-order valence-corrected chi connectivity index (χ1v) is 6.95. The number of hydrogen-bond donors (Lipinski definition) is 2. The van der Waals surface area contributed by atoms with E-state index in [9.17, 15) is 4.79 Å². The lowest BCUT2D eigenvalue weighted by atomic mass is 9.71. The first kappa shape index (κ1) is 14.3. The minimum atomic E-state index is -0.735. The molecule has 1 fully saturated rings. The van der Waals surface area contributed by atoms with Gasteiger partial charge >= 0.3 is 5.97 Å². The smallest absolute Gasteiger partial charge is 0.303 e. The number of nitriles is 1. The molecule has 5 nitrogen and oxygen atoms in total. The van der Waals surface area contributed by atoms with Crippen molar-refractivity contribution in [2.75, 3.05) is 11.9 Å². The van der Waals surface area contributed by atoms with E-state index in [1.165, 1.54) is 6.42 Å². The topological polar surface area (TPSA) is 86.0 Å². The number of carbonyl (C=O) groups is 1. The summed E-state index contributed by atoms with van der Waals surface area (Å²) < 4.78 is 0. The number of carboxylic acids is 1. The van der Waals surface area contributed by atoms with E-state index in [4.69, 9.17) is 10.4 Å². The van der Waals surface area contributed by atoms with Crippen LogP contribution in [0.5, 0.6) is 0 Å². The molecular formula is C15H19N3O2. The van der Waals surface area contributed by atoms with Crippen LogP contribution in [0.3, 0.4) is 0 Å². The van der Waals surface area contributed by atoms with Crippen LogP contribution in [0.15, 0.2) is 18.3 Å². The molecule has 0 radical (unpaired) electrons. The molecule has 20 heavy (non-hydrogen) atoms. The minimum absolute atomic E-state index is 0.167. The quantitative estimate of drug-likeness (QED) is 0.861. The van der Waals surface area contributed by atoms with Gasteiger partial charge in [0.1, 0.15) is 11.8 Å². The molecule has 0 saturated heterocycles. The number of hydrogen-bond acceptors (Lipinski definition) is 4. The van der Waals surface area contributed by atoms with E-state index >= 15 is 0 Å². The van der Waals surface area contributed by atoms with Crippen molar-refractivity contribution in [1.29, 1.82) is 5.26 Å². The van der Waals surface area contributed by atoms with Crippen molar-refractivity contribution in [1.82, 2.24) is 4.98 Å². The van der Waals surface area contributed by atoms with Crippen LogP contribution < -0.4 is 5.32 Å². The zero-order valence-electron chi connectivity index (χ0n) is 11.4. The minimum Gasteiger partial charge on any atom is -0.481 e. The van der Waals surface area contributed by atoms with Crippen LogP contribution in [0, 0.1) is 16.7 Å². The van der Waals surface area contributed by atoms with E-state index in [2.05, 4.69) is 10.3 Å². The molecule has 0 unspecified atom stereocenters. The summed E-state index contributed by atoms with van der Waals surface area (Å²) in [5.41, 5.74) is 1.03. The summed E-state index contributed by atoms with van der Waals surface area (Å²) in [6, 6.07) is 5.50. The van der Waals surface area contributed by atoms with Gasteiger partial charge in [-0.15, -0.1) is 0 Å². The molecule has 0 aliphatic heterocycles. The van der Waals surface area contributed by atoms with Crippen LogP contribution in [-0.2, 0) is 4.79 Å². The zero-order valence-corrected chi connectivity index (χ0v) is 11.4. The lowest BCUT2D eigenvalue weighted by molar-refractivity contribution is -0.140. The number of anilines is 1. The Morgan fingerprint density at radius 3 is 2.85 bits per heavy atom. The van der Waals surface area contributed by atoms with Crippen LogP contribution in [0.1, 0.15) is 44.2 Å². The summed E-state index contributed by atoms with van der Waals surface area (Å²) in [7, 11) is 0. The van der Waals surface area contributed by atoms with Gasteiger partial charge in [-0.1, -0.05) is 19.3 Å². The van der Waals surface area contributed by atoms with Crippen molar-refractivity contribution in [3.8, 4) is 6.07 Å². The van der Waals surface area contributed by atoms with Crippen LogP contribution in [-0.4, -0.2) is 22.6 Å². The Morgan fingerprint density at radius 1 is 1.45 bits per heavy atom. The van der Waals surface area contributed by atoms with Gasteiger partial charge in [-0.2, -0.15) is 5.26 Å². The Bertz CT molecular complexity index is 516. The van der Waals surface area contributed by atoms with Crippen molar-refractivity contribution in [3.63, 3.8) is 0 Å². The van der Waals surface area contributed by atoms with Crippen molar-refractivity contribution in [2.24, 2.45) is 5.41 Å². The van der Waals surface area contributed by atoms with E-state index in [0.29, 0.717) is 12.2 Å². The Morgan fingerprint density at radius 2 is 2.20 bits per heavy atom. The molecule has 1 heterocycles. The van der Waals surface area contributed by atoms with Crippen LogP contribution >= 0.6 is 0 Å². The number of aliphatic carboxylic acids is 1. The molecule has 0 bridgehead atoms. The molecule has 0 atom stereocenters. The molecule has 2 N–H and O–H groups in total. The first-order valence-electron chi connectivity index (χ1n) is 6.95. The highest BCUT2D eigenvalue weighted by atomic mass is 16.4. The fourth-order valence-electron chi connectivity index (χ4n) is 2.93. The second-order valence-electron chi connectivity index (χ2n) is 5.53. The highest BCUT2D eigenvalue weighted by molar-refractivity contribution is 5.68. The number of nitrogens with one attached hydrogen (secondary N) is 1. The third kappa shape index (κ3) is 3.70. The van der Waals surface area contributed by atoms with Gasteiger partial charge in [-0.05, 0) is 30.4 Å². The Kier molecular flexibility index (Phi) is 4.57. The SMILES string of the molecule is N#Cc1cc(NCC2(CC(=O)O)CCCCC2)ccn1. The molecule has 1 aromatic rings. The molecule has 1 aliphatic rings. The Balaban J connectivity index is 2.04. The van der Waals surface area contributed by atoms with Gasteiger partial charge in [0.2, 0.25) is 0 Å². The van der Waals surface area contributed by atoms with Crippen LogP contribution in [0.4, 0.5) is 5.69 Å². The molecule has 0 amide bonds. The maximum Gasteiger partial charge on any atom is 0.303 e. The molecule has 5 heteroatoms. The summed E-state index contributed by atoms with van der Waals surface area (Å²) in [5.74, 6) is -0.735. The van der Waals surface area contributed by atoms with E-state index < -0.39 is 5.97 Å². The van der Waals surface area contributed by atoms with Crippen LogP contribution in [0.2, 0.25) is 0 Å².